The van der Waals surface area contributed by atoms with Crippen molar-refractivity contribution in [2.75, 3.05) is 12.4 Å². The molecule has 0 aliphatic carbocycles. The Morgan fingerprint density at radius 2 is 2.00 bits per heavy atom. The topological polar surface area (TPSA) is 33.0 Å². The monoisotopic (exact) mass is 193 g/mol. The van der Waals surface area contributed by atoms with Crippen molar-refractivity contribution < 1.29 is 4.74 Å². The van der Waals surface area contributed by atoms with Gasteiger partial charge in [0.2, 0.25) is 0 Å². The average molecular weight is 193 g/mol. The molecule has 0 unspecified atom stereocenters. The van der Waals surface area contributed by atoms with Gasteiger partial charge in [-0.1, -0.05) is 0 Å². The van der Waals surface area contributed by atoms with Gasteiger partial charge in [0.05, 0.1) is 18.2 Å². The molecule has 0 radical (unpaired) electrons. The Bertz CT molecular complexity index is 289. The van der Waals surface area contributed by atoms with E-state index in [0.29, 0.717) is 12.2 Å². The Kier molecular flexibility index (Phi) is 4.20. The number of nitrogens with zero attached hydrogens (tertiary/aromatic N) is 1. The van der Waals surface area contributed by atoms with Crippen LogP contribution in [0, 0.1) is 11.3 Å². The highest BCUT2D eigenvalue weighted by atomic mass is 32.1. The summed E-state index contributed by atoms with van der Waals surface area (Å²) in [4.78, 5) is 0. The quantitative estimate of drug-likeness (QED) is 0.587. The third-order valence-electron chi connectivity index (χ3n) is 1.55. The maximum Gasteiger partial charge on any atom is 0.119 e. The second-order valence-corrected chi connectivity index (χ2v) is 3.01. The highest BCUT2D eigenvalue weighted by molar-refractivity contribution is 7.80. The summed E-state index contributed by atoms with van der Waals surface area (Å²) in [6.45, 7) is 0.676. The molecule has 0 aliphatic heterocycles. The van der Waals surface area contributed by atoms with E-state index >= 15 is 0 Å². The molecule has 0 fully saturated rings. The molecule has 2 nitrogen and oxygen atoms in total. The molecule has 0 bridgehead atoms. The number of hydrogen-bond acceptors (Lipinski definition) is 3. The number of thiol groups is 1. The lowest BCUT2D eigenvalue weighted by molar-refractivity contribution is 0.319. The summed E-state index contributed by atoms with van der Waals surface area (Å²) in [6.07, 6.45) is 0.934. The summed E-state index contributed by atoms with van der Waals surface area (Å²) in [5.74, 6) is 1.64. The lowest BCUT2D eigenvalue weighted by Crippen LogP contribution is -1.97. The van der Waals surface area contributed by atoms with Gasteiger partial charge in [-0.15, -0.1) is 0 Å². The summed E-state index contributed by atoms with van der Waals surface area (Å²) in [5, 5.41) is 8.54. The van der Waals surface area contributed by atoms with E-state index in [2.05, 4.69) is 18.7 Å². The molecule has 0 saturated carbocycles. The van der Waals surface area contributed by atoms with Gasteiger partial charge in [0, 0.05) is 0 Å². The molecule has 0 N–H and O–H groups in total. The highest BCUT2D eigenvalue weighted by Gasteiger charge is 1.93. The average Bonchev–Trinajstić information content (AvgIpc) is 2.19. The zero-order valence-electron chi connectivity index (χ0n) is 7.23. The van der Waals surface area contributed by atoms with Crippen LogP contribution in [0.4, 0.5) is 0 Å². The van der Waals surface area contributed by atoms with Gasteiger partial charge in [-0.05, 0) is 36.4 Å². The molecule has 13 heavy (non-hydrogen) atoms. The number of nitriles is 1. The van der Waals surface area contributed by atoms with Crippen LogP contribution in [0.2, 0.25) is 0 Å². The summed E-state index contributed by atoms with van der Waals surface area (Å²) in [7, 11) is 0. The summed E-state index contributed by atoms with van der Waals surface area (Å²) < 4.78 is 5.39. The van der Waals surface area contributed by atoms with Crippen molar-refractivity contribution in [3.63, 3.8) is 0 Å². The van der Waals surface area contributed by atoms with Crippen LogP contribution in [0.3, 0.4) is 0 Å². The van der Waals surface area contributed by atoms with E-state index in [4.69, 9.17) is 10.00 Å². The van der Waals surface area contributed by atoms with E-state index in [1.807, 2.05) is 0 Å². The first kappa shape index (κ1) is 9.94. The fourth-order valence-corrected chi connectivity index (χ4v) is 1.01. The van der Waals surface area contributed by atoms with E-state index in [1.54, 1.807) is 24.3 Å². The molecule has 68 valence electrons. The van der Waals surface area contributed by atoms with Gasteiger partial charge in [0.15, 0.2) is 0 Å². The van der Waals surface area contributed by atoms with Crippen molar-refractivity contribution in [3.8, 4) is 11.8 Å². The predicted octanol–water partition coefficient (Wildman–Crippen LogP) is 2.26. The number of rotatable bonds is 4. The van der Waals surface area contributed by atoms with Gasteiger partial charge in [-0.3, -0.25) is 0 Å². The number of hydrogen-bond donors (Lipinski definition) is 1. The molecular formula is C10H11NOS. The molecule has 1 aromatic rings. The molecule has 1 rings (SSSR count). The lowest BCUT2D eigenvalue weighted by Gasteiger charge is -2.03. The van der Waals surface area contributed by atoms with Crippen molar-refractivity contribution in [3.05, 3.63) is 29.8 Å². The van der Waals surface area contributed by atoms with Gasteiger partial charge < -0.3 is 4.74 Å². The molecule has 0 spiro atoms. The summed E-state index contributed by atoms with van der Waals surface area (Å²) in [6, 6.07) is 9.15. The van der Waals surface area contributed by atoms with Crippen LogP contribution in [-0.2, 0) is 0 Å². The first-order valence-corrected chi connectivity index (χ1v) is 4.74. The van der Waals surface area contributed by atoms with Crippen molar-refractivity contribution >= 4 is 12.6 Å². The van der Waals surface area contributed by atoms with Crippen molar-refractivity contribution in [1.29, 1.82) is 5.26 Å². The zero-order chi connectivity index (χ0) is 9.52. The van der Waals surface area contributed by atoms with Gasteiger partial charge >= 0.3 is 0 Å². The normalized spacial score (nSPS) is 9.23. The first-order valence-electron chi connectivity index (χ1n) is 4.10. The molecule has 3 heteroatoms. The smallest absolute Gasteiger partial charge is 0.119 e. The minimum Gasteiger partial charge on any atom is -0.494 e. The molecule has 0 atom stereocenters. The van der Waals surface area contributed by atoms with Gasteiger partial charge in [0.1, 0.15) is 5.75 Å². The SMILES string of the molecule is N#Cc1ccc(OCCCS)cc1. The maximum atomic E-state index is 8.54. The van der Waals surface area contributed by atoms with Crippen LogP contribution >= 0.6 is 12.6 Å². The van der Waals surface area contributed by atoms with E-state index in [1.165, 1.54) is 0 Å². The molecule has 0 saturated heterocycles. The lowest BCUT2D eigenvalue weighted by atomic mass is 10.2. The van der Waals surface area contributed by atoms with Gasteiger partial charge in [-0.2, -0.15) is 17.9 Å². The summed E-state index contributed by atoms with van der Waals surface area (Å²) >= 11 is 4.08. The Hall–Kier alpha value is -1.14. The van der Waals surface area contributed by atoms with Crippen LogP contribution in [0.15, 0.2) is 24.3 Å². The second kappa shape index (κ2) is 5.50. The van der Waals surface area contributed by atoms with E-state index in [-0.39, 0.29) is 0 Å². The maximum absolute atomic E-state index is 8.54. The van der Waals surface area contributed by atoms with Crippen LogP contribution in [0.25, 0.3) is 0 Å². The van der Waals surface area contributed by atoms with Gasteiger partial charge in [0.25, 0.3) is 0 Å². The number of benzene rings is 1. The molecule has 0 aliphatic rings. The molecule has 1 aromatic carbocycles. The minimum absolute atomic E-state index is 0.654. The van der Waals surface area contributed by atoms with E-state index < -0.39 is 0 Å². The van der Waals surface area contributed by atoms with Crippen LogP contribution in [-0.4, -0.2) is 12.4 Å². The molecule has 0 heterocycles. The van der Waals surface area contributed by atoms with E-state index in [0.717, 1.165) is 17.9 Å². The highest BCUT2D eigenvalue weighted by Crippen LogP contribution is 2.11. The van der Waals surface area contributed by atoms with Crippen LogP contribution in [0.1, 0.15) is 12.0 Å². The summed E-state index contributed by atoms with van der Waals surface area (Å²) in [5.41, 5.74) is 0.654. The molecular weight excluding hydrogens is 182 g/mol. The van der Waals surface area contributed by atoms with Crippen LogP contribution < -0.4 is 4.74 Å². The van der Waals surface area contributed by atoms with Crippen molar-refractivity contribution in [1.82, 2.24) is 0 Å². The Morgan fingerprint density at radius 1 is 1.31 bits per heavy atom. The molecule has 0 amide bonds. The Balaban J connectivity index is 2.46. The predicted molar refractivity (Wildman–Crippen MR) is 55.1 cm³/mol. The van der Waals surface area contributed by atoms with Crippen LogP contribution in [0.5, 0.6) is 5.75 Å². The minimum atomic E-state index is 0.654. The largest absolute Gasteiger partial charge is 0.494 e. The fourth-order valence-electron chi connectivity index (χ4n) is 0.880. The molecule has 0 aromatic heterocycles. The zero-order valence-corrected chi connectivity index (χ0v) is 8.13. The first-order chi connectivity index (χ1) is 6.36. The second-order valence-electron chi connectivity index (χ2n) is 2.56. The Labute approximate surface area is 83.6 Å². The van der Waals surface area contributed by atoms with Crippen molar-refractivity contribution in [2.45, 2.75) is 6.42 Å². The van der Waals surface area contributed by atoms with Crippen molar-refractivity contribution in [2.24, 2.45) is 0 Å². The Morgan fingerprint density at radius 3 is 2.54 bits per heavy atom. The fraction of sp³-hybridized carbons (Fsp3) is 0.300. The van der Waals surface area contributed by atoms with E-state index in [9.17, 15) is 0 Å². The van der Waals surface area contributed by atoms with Gasteiger partial charge in [-0.25, -0.2) is 0 Å². The third-order valence-corrected chi connectivity index (χ3v) is 1.87. The third kappa shape index (κ3) is 3.39. The number of ether oxygens (including phenoxy) is 1. The standard InChI is InChI=1S/C10H11NOS/c11-8-9-2-4-10(5-3-9)12-6-1-7-13/h2-5,13H,1,6-7H2.